The van der Waals surface area contributed by atoms with Gasteiger partial charge in [0.25, 0.3) is 0 Å². The number of hydrogen-bond donors (Lipinski definition) is 2. The van der Waals surface area contributed by atoms with Crippen LogP contribution in [0.2, 0.25) is 10.0 Å². The van der Waals surface area contributed by atoms with Gasteiger partial charge in [-0.25, -0.2) is 9.78 Å². The van der Waals surface area contributed by atoms with Crippen LogP contribution in [-0.4, -0.2) is 27.3 Å². The van der Waals surface area contributed by atoms with E-state index in [1.807, 2.05) is 10.8 Å². The Hall–Kier alpha value is -2.51. The van der Waals surface area contributed by atoms with Crippen molar-refractivity contribution in [3.63, 3.8) is 0 Å². The van der Waals surface area contributed by atoms with E-state index in [4.69, 9.17) is 27.7 Å². The Morgan fingerprint density at radius 1 is 1.31 bits per heavy atom. The summed E-state index contributed by atoms with van der Waals surface area (Å²) < 4.78 is 7.16. The summed E-state index contributed by atoms with van der Waals surface area (Å²) in [5.41, 5.74) is 1.35. The molecule has 2 heterocycles. The van der Waals surface area contributed by atoms with Gasteiger partial charge in [-0.05, 0) is 25.5 Å². The van der Waals surface area contributed by atoms with Crippen molar-refractivity contribution in [2.45, 2.75) is 19.9 Å². The second kappa shape index (κ2) is 8.25. The molecular formula is C17H17Cl2N5O2. The Kier molecular flexibility index (Phi) is 5.80. The minimum absolute atomic E-state index is 0.355. The topological polar surface area (TPSA) is 85.0 Å². The number of rotatable bonds is 6. The predicted octanol–water partition coefficient (Wildman–Crippen LogP) is 4.37. The van der Waals surface area contributed by atoms with Crippen LogP contribution >= 0.6 is 23.2 Å². The quantitative estimate of drug-likeness (QED) is 0.609. The minimum Gasteiger partial charge on any atom is -0.359 e. The SMILES string of the molecule is Cc1onc(-c2c(Cl)cccc2Cl)c1NC(=O)NCCCn1ccnc1. The fraction of sp³-hybridized carbons (Fsp3) is 0.235. The maximum absolute atomic E-state index is 12.2. The highest BCUT2D eigenvalue weighted by atomic mass is 35.5. The molecule has 0 atom stereocenters. The highest BCUT2D eigenvalue weighted by Crippen LogP contribution is 2.39. The number of halogens is 2. The summed E-state index contributed by atoms with van der Waals surface area (Å²) in [6.45, 7) is 2.99. The number of nitrogens with one attached hydrogen (secondary N) is 2. The number of amides is 2. The first-order chi connectivity index (χ1) is 12.6. The highest BCUT2D eigenvalue weighted by Gasteiger charge is 2.21. The molecule has 0 aliphatic carbocycles. The van der Waals surface area contributed by atoms with Crippen LogP contribution in [-0.2, 0) is 6.54 Å². The third kappa shape index (κ3) is 4.17. The van der Waals surface area contributed by atoms with Gasteiger partial charge in [0.1, 0.15) is 11.4 Å². The fourth-order valence-corrected chi connectivity index (χ4v) is 3.03. The van der Waals surface area contributed by atoms with Crippen LogP contribution in [0, 0.1) is 6.92 Å². The van der Waals surface area contributed by atoms with Crippen LogP contribution in [0.15, 0.2) is 41.4 Å². The molecule has 0 fully saturated rings. The standard InChI is InChI=1S/C17H17Cl2N5O2/c1-11-15(16(23-26-11)14-12(18)4-2-5-13(14)19)22-17(25)21-6-3-8-24-9-7-20-10-24/h2,4-5,7,9-10H,3,6,8H2,1H3,(H2,21,22,25). The Labute approximate surface area is 160 Å². The van der Waals surface area contributed by atoms with Crippen LogP contribution in [0.4, 0.5) is 10.5 Å². The molecule has 0 aliphatic heterocycles. The molecule has 0 unspecified atom stereocenters. The van der Waals surface area contributed by atoms with E-state index in [2.05, 4.69) is 20.8 Å². The van der Waals surface area contributed by atoms with E-state index < -0.39 is 0 Å². The molecule has 3 rings (SSSR count). The lowest BCUT2D eigenvalue weighted by atomic mass is 10.1. The van der Waals surface area contributed by atoms with Gasteiger partial charge in [-0.1, -0.05) is 34.4 Å². The maximum atomic E-state index is 12.2. The van der Waals surface area contributed by atoms with Gasteiger partial charge in [0, 0.05) is 31.0 Å². The van der Waals surface area contributed by atoms with Crippen molar-refractivity contribution in [2.24, 2.45) is 0 Å². The van der Waals surface area contributed by atoms with Crippen LogP contribution in [0.25, 0.3) is 11.3 Å². The smallest absolute Gasteiger partial charge is 0.319 e. The molecule has 3 aromatic rings. The Balaban J connectivity index is 1.64. The van der Waals surface area contributed by atoms with E-state index in [0.717, 1.165) is 13.0 Å². The Bertz CT molecular complexity index is 872. The molecule has 0 spiro atoms. The van der Waals surface area contributed by atoms with Gasteiger partial charge in [-0.3, -0.25) is 0 Å². The monoisotopic (exact) mass is 393 g/mol. The number of hydrogen-bond acceptors (Lipinski definition) is 4. The molecule has 7 nitrogen and oxygen atoms in total. The van der Waals surface area contributed by atoms with Gasteiger partial charge in [0.2, 0.25) is 0 Å². The molecule has 0 radical (unpaired) electrons. The summed E-state index contributed by atoms with van der Waals surface area (Å²) in [5.74, 6) is 0.463. The summed E-state index contributed by atoms with van der Waals surface area (Å²) in [4.78, 5) is 16.2. The van der Waals surface area contributed by atoms with Gasteiger partial charge in [-0.15, -0.1) is 0 Å². The largest absolute Gasteiger partial charge is 0.359 e. The van der Waals surface area contributed by atoms with E-state index >= 15 is 0 Å². The Morgan fingerprint density at radius 3 is 2.77 bits per heavy atom. The lowest BCUT2D eigenvalue weighted by molar-refractivity contribution is 0.251. The summed E-state index contributed by atoms with van der Waals surface area (Å²) in [7, 11) is 0. The number of nitrogens with zero attached hydrogens (tertiary/aromatic N) is 3. The highest BCUT2D eigenvalue weighted by molar-refractivity contribution is 6.39. The van der Waals surface area contributed by atoms with Gasteiger partial charge in [0.15, 0.2) is 5.76 Å². The van der Waals surface area contributed by atoms with Crippen LogP contribution in [0.1, 0.15) is 12.2 Å². The van der Waals surface area contributed by atoms with Crippen molar-refractivity contribution in [2.75, 3.05) is 11.9 Å². The van der Waals surface area contributed by atoms with E-state index in [1.54, 1.807) is 37.6 Å². The second-order valence-corrected chi connectivity index (χ2v) is 6.41. The predicted molar refractivity (Wildman–Crippen MR) is 101 cm³/mol. The molecule has 2 N–H and O–H groups in total. The van der Waals surface area contributed by atoms with Gasteiger partial charge < -0.3 is 19.7 Å². The fourth-order valence-electron chi connectivity index (χ4n) is 2.45. The zero-order valence-electron chi connectivity index (χ0n) is 14.0. The molecule has 136 valence electrons. The average Bonchev–Trinajstić information content (AvgIpc) is 3.24. The zero-order chi connectivity index (χ0) is 18.5. The molecule has 26 heavy (non-hydrogen) atoms. The third-order valence-electron chi connectivity index (χ3n) is 3.74. The molecule has 2 amide bonds. The number of benzene rings is 1. The summed E-state index contributed by atoms with van der Waals surface area (Å²) in [5, 5.41) is 10.4. The molecule has 2 aromatic heterocycles. The number of aryl methyl sites for hydroxylation is 2. The number of urea groups is 1. The summed E-state index contributed by atoms with van der Waals surface area (Å²) in [6.07, 6.45) is 6.10. The summed E-state index contributed by atoms with van der Waals surface area (Å²) in [6, 6.07) is 4.78. The normalized spacial score (nSPS) is 10.7. The molecule has 0 bridgehead atoms. The molecule has 0 saturated heterocycles. The van der Waals surface area contributed by atoms with Gasteiger partial charge >= 0.3 is 6.03 Å². The lowest BCUT2D eigenvalue weighted by Crippen LogP contribution is -2.30. The molecular weight excluding hydrogens is 377 g/mol. The Morgan fingerprint density at radius 2 is 2.08 bits per heavy atom. The van der Waals surface area contributed by atoms with Crippen molar-refractivity contribution in [1.29, 1.82) is 0 Å². The second-order valence-electron chi connectivity index (χ2n) is 5.59. The first kappa shape index (κ1) is 18.3. The van der Waals surface area contributed by atoms with E-state index in [0.29, 0.717) is 39.3 Å². The first-order valence-corrected chi connectivity index (χ1v) is 8.73. The number of anilines is 1. The van der Waals surface area contributed by atoms with Crippen LogP contribution < -0.4 is 10.6 Å². The number of carbonyl (C=O) groups is 1. The van der Waals surface area contributed by atoms with Crippen molar-refractivity contribution in [3.05, 3.63) is 52.7 Å². The number of imidazole rings is 1. The maximum Gasteiger partial charge on any atom is 0.319 e. The van der Waals surface area contributed by atoms with Crippen molar-refractivity contribution < 1.29 is 9.32 Å². The van der Waals surface area contributed by atoms with Crippen molar-refractivity contribution in [3.8, 4) is 11.3 Å². The number of carbonyl (C=O) groups excluding carboxylic acids is 1. The molecule has 0 saturated carbocycles. The number of aromatic nitrogens is 3. The van der Waals surface area contributed by atoms with Gasteiger partial charge in [0.05, 0.1) is 16.4 Å². The lowest BCUT2D eigenvalue weighted by Gasteiger charge is -2.09. The molecule has 9 heteroatoms. The van der Waals surface area contributed by atoms with E-state index in [-0.39, 0.29) is 6.03 Å². The average molecular weight is 394 g/mol. The summed E-state index contributed by atoms with van der Waals surface area (Å²) >= 11 is 12.5. The van der Waals surface area contributed by atoms with E-state index in [9.17, 15) is 4.79 Å². The zero-order valence-corrected chi connectivity index (χ0v) is 15.5. The van der Waals surface area contributed by atoms with Gasteiger partial charge in [-0.2, -0.15) is 0 Å². The molecule has 1 aromatic carbocycles. The first-order valence-electron chi connectivity index (χ1n) is 7.97. The van der Waals surface area contributed by atoms with Crippen LogP contribution in [0.3, 0.4) is 0 Å². The van der Waals surface area contributed by atoms with E-state index in [1.165, 1.54) is 0 Å². The van der Waals surface area contributed by atoms with Crippen LogP contribution in [0.5, 0.6) is 0 Å². The molecule has 0 aliphatic rings. The van der Waals surface area contributed by atoms with Crippen molar-refractivity contribution >= 4 is 34.9 Å². The minimum atomic E-state index is -0.355. The third-order valence-corrected chi connectivity index (χ3v) is 4.37. The van der Waals surface area contributed by atoms with Crippen molar-refractivity contribution in [1.82, 2.24) is 20.0 Å².